The first-order valence-corrected chi connectivity index (χ1v) is 6.07. The van der Waals surface area contributed by atoms with Crippen molar-refractivity contribution in [2.24, 2.45) is 0 Å². The van der Waals surface area contributed by atoms with Crippen molar-refractivity contribution in [3.05, 3.63) is 47.3 Å². The number of aryl methyl sites for hydroxylation is 2. The summed E-state index contributed by atoms with van der Waals surface area (Å²) in [5, 5.41) is 0. The molecule has 0 atom stereocenters. The van der Waals surface area contributed by atoms with Crippen LogP contribution in [0, 0.1) is 19.7 Å². The zero-order valence-corrected chi connectivity index (χ0v) is 10.8. The first-order chi connectivity index (χ1) is 9.04. The highest BCUT2D eigenvalue weighted by Crippen LogP contribution is 2.27. The number of anilines is 1. The fraction of sp³-hybridized carbons (Fsp3) is 0.133. The Morgan fingerprint density at radius 1 is 1.16 bits per heavy atom. The van der Waals surface area contributed by atoms with E-state index in [0.717, 1.165) is 22.2 Å². The van der Waals surface area contributed by atoms with Crippen LogP contribution in [-0.2, 0) is 0 Å². The van der Waals surface area contributed by atoms with Crippen molar-refractivity contribution in [2.45, 2.75) is 13.8 Å². The second kappa shape index (κ2) is 4.09. The zero-order chi connectivity index (χ0) is 13.6. The van der Waals surface area contributed by atoms with Crippen molar-refractivity contribution in [1.82, 2.24) is 9.97 Å². The Hall–Kier alpha value is -2.36. The Morgan fingerprint density at radius 3 is 2.68 bits per heavy atom. The molecule has 0 amide bonds. The van der Waals surface area contributed by atoms with Crippen LogP contribution < -0.4 is 5.73 Å². The summed E-state index contributed by atoms with van der Waals surface area (Å²) in [6.07, 6.45) is 0. The normalized spacial score (nSPS) is 11.1. The molecule has 3 aromatic rings. The monoisotopic (exact) mass is 255 g/mol. The number of H-pyrrole nitrogens is 1. The van der Waals surface area contributed by atoms with Gasteiger partial charge in [-0.2, -0.15) is 0 Å². The van der Waals surface area contributed by atoms with Crippen molar-refractivity contribution in [3.8, 4) is 11.4 Å². The van der Waals surface area contributed by atoms with E-state index in [1.54, 1.807) is 6.07 Å². The lowest BCUT2D eigenvalue weighted by atomic mass is 10.1. The summed E-state index contributed by atoms with van der Waals surface area (Å²) in [6, 6.07) is 8.46. The quantitative estimate of drug-likeness (QED) is 0.653. The number of hydrogen-bond donors (Lipinski definition) is 2. The molecule has 0 unspecified atom stereocenters. The maximum Gasteiger partial charge on any atom is 0.140 e. The van der Waals surface area contributed by atoms with Crippen molar-refractivity contribution in [1.29, 1.82) is 0 Å². The molecule has 0 spiro atoms. The van der Waals surface area contributed by atoms with Crippen LogP contribution in [-0.4, -0.2) is 9.97 Å². The van der Waals surface area contributed by atoms with Crippen molar-refractivity contribution >= 4 is 16.7 Å². The number of aromatic amines is 1. The van der Waals surface area contributed by atoms with Gasteiger partial charge >= 0.3 is 0 Å². The van der Waals surface area contributed by atoms with Gasteiger partial charge in [0.15, 0.2) is 0 Å². The Kier molecular flexibility index (Phi) is 2.52. The lowest BCUT2D eigenvalue weighted by Crippen LogP contribution is -1.92. The Balaban J connectivity index is 2.23. The highest BCUT2D eigenvalue weighted by molar-refractivity contribution is 5.85. The summed E-state index contributed by atoms with van der Waals surface area (Å²) in [6.45, 7) is 4.06. The van der Waals surface area contributed by atoms with Crippen molar-refractivity contribution in [3.63, 3.8) is 0 Å². The van der Waals surface area contributed by atoms with E-state index in [0.29, 0.717) is 11.5 Å². The minimum absolute atomic E-state index is 0.343. The molecule has 96 valence electrons. The van der Waals surface area contributed by atoms with E-state index in [2.05, 4.69) is 16.0 Å². The number of rotatable bonds is 1. The molecule has 1 heterocycles. The Labute approximate surface area is 110 Å². The van der Waals surface area contributed by atoms with Gasteiger partial charge in [-0.3, -0.25) is 0 Å². The van der Waals surface area contributed by atoms with Gasteiger partial charge in [-0.1, -0.05) is 6.07 Å². The SMILES string of the molecule is Cc1cc(C)c2nc(-c3ccc(F)cc3N)[nH]c2c1. The molecule has 19 heavy (non-hydrogen) atoms. The first-order valence-electron chi connectivity index (χ1n) is 6.07. The number of nitrogens with two attached hydrogens (primary N) is 1. The van der Waals surface area contributed by atoms with Crippen LogP contribution in [0.3, 0.4) is 0 Å². The number of aromatic nitrogens is 2. The van der Waals surface area contributed by atoms with Crippen LogP contribution >= 0.6 is 0 Å². The van der Waals surface area contributed by atoms with E-state index >= 15 is 0 Å². The van der Waals surface area contributed by atoms with E-state index < -0.39 is 0 Å². The van der Waals surface area contributed by atoms with Gasteiger partial charge in [-0.25, -0.2) is 9.37 Å². The molecule has 3 N–H and O–H groups in total. The van der Waals surface area contributed by atoms with Gasteiger partial charge in [-0.15, -0.1) is 0 Å². The first kappa shape index (κ1) is 11.7. The summed E-state index contributed by atoms with van der Waals surface area (Å²) in [5.74, 6) is 0.325. The fourth-order valence-electron chi connectivity index (χ4n) is 2.35. The number of nitrogen functional groups attached to an aromatic ring is 1. The van der Waals surface area contributed by atoms with Crippen LogP contribution in [0.15, 0.2) is 30.3 Å². The predicted octanol–water partition coefficient (Wildman–Crippen LogP) is 3.57. The summed E-state index contributed by atoms with van der Waals surface area (Å²) in [4.78, 5) is 7.80. The molecule has 0 radical (unpaired) electrons. The molecule has 0 aliphatic heterocycles. The summed E-state index contributed by atoms with van der Waals surface area (Å²) in [5.41, 5.74) is 11.1. The van der Waals surface area contributed by atoms with Gasteiger partial charge in [0.1, 0.15) is 11.6 Å². The standard InChI is InChI=1S/C15H14FN3/c1-8-5-9(2)14-13(6-8)18-15(19-14)11-4-3-10(16)7-12(11)17/h3-7H,17H2,1-2H3,(H,18,19). The maximum absolute atomic E-state index is 13.1. The van der Waals surface area contributed by atoms with Gasteiger partial charge in [-0.05, 0) is 49.2 Å². The molecule has 0 fully saturated rings. The number of imidazole rings is 1. The smallest absolute Gasteiger partial charge is 0.140 e. The second-order valence-corrected chi connectivity index (χ2v) is 4.79. The van der Waals surface area contributed by atoms with E-state index in [9.17, 15) is 4.39 Å². The summed E-state index contributed by atoms with van der Waals surface area (Å²) >= 11 is 0. The number of benzene rings is 2. The van der Waals surface area contributed by atoms with Gasteiger partial charge in [0.05, 0.1) is 11.0 Å². The maximum atomic E-state index is 13.1. The van der Waals surface area contributed by atoms with Crippen molar-refractivity contribution < 1.29 is 4.39 Å². The number of hydrogen-bond acceptors (Lipinski definition) is 2. The van der Waals surface area contributed by atoms with E-state index in [4.69, 9.17) is 5.73 Å². The van der Waals surface area contributed by atoms with Crippen LogP contribution in [0.1, 0.15) is 11.1 Å². The molecular weight excluding hydrogens is 241 g/mol. The second-order valence-electron chi connectivity index (χ2n) is 4.79. The topological polar surface area (TPSA) is 54.7 Å². The Bertz CT molecular complexity index is 774. The third-order valence-corrected chi connectivity index (χ3v) is 3.19. The average molecular weight is 255 g/mol. The van der Waals surface area contributed by atoms with Gasteiger partial charge in [0.25, 0.3) is 0 Å². The summed E-state index contributed by atoms with van der Waals surface area (Å²) < 4.78 is 13.1. The van der Waals surface area contributed by atoms with Crippen LogP contribution in [0.2, 0.25) is 0 Å². The molecule has 0 saturated carbocycles. The van der Waals surface area contributed by atoms with Crippen molar-refractivity contribution in [2.75, 3.05) is 5.73 Å². The Morgan fingerprint density at radius 2 is 1.95 bits per heavy atom. The lowest BCUT2D eigenvalue weighted by molar-refractivity contribution is 0.628. The predicted molar refractivity (Wildman–Crippen MR) is 75.4 cm³/mol. The molecule has 2 aromatic carbocycles. The third kappa shape index (κ3) is 1.95. The highest BCUT2D eigenvalue weighted by atomic mass is 19.1. The molecule has 1 aromatic heterocycles. The van der Waals surface area contributed by atoms with Crippen LogP contribution in [0.5, 0.6) is 0 Å². The number of nitrogens with one attached hydrogen (secondary N) is 1. The molecule has 4 heteroatoms. The van der Waals surface area contributed by atoms with Gasteiger partial charge < -0.3 is 10.7 Å². The highest BCUT2D eigenvalue weighted by Gasteiger charge is 2.10. The lowest BCUT2D eigenvalue weighted by Gasteiger charge is -2.01. The molecule has 0 aliphatic carbocycles. The van der Waals surface area contributed by atoms with Crippen LogP contribution in [0.25, 0.3) is 22.4 Å². The molecule has 3 nitrogen and oxygen atoms in total. The molecular formula is C15H14FN3. The van der Waals surface area contributed by atoms with E-state index in [1.165, 1.54) is 17.7 Å². The molecule has 0 bridgehead atoms. The number of nitrogens with zero attached hydrogens (tertiary/aromatic N) is 1. The molecule has 0 aliphatic rings. The average Bonchev–Trinajstić information content (AvgIpc) is 2.72. The fourth-order valence-corrected chi connectivity index (χ4v) is 2.35. The minimum atomic E-state index is -0.343. The van der Waals surface area contributed by atoms with E-state index in [1.807, 2.05) is 19.9 Å². The third-order valence-electron chi connectivity index (χ3n) is 3.19. The minimum Gasteiger partial charge on any atom is -0.398 e. The van der Waals surface area contributed by atoms with Gasteiger partial charge in [0.2, 0.25) is 0 Å². The van der Waals surface area contributed by atoms with Gasteiger partial charge in [0, 0.05) is 11.3 Å². The molecule has 3 rings (SSSR count). The number of halogens is 1. The van der Waals surface area contributed by atoms with E-state index in [-0.39, 0.29) is 5.82 Å². The molecule has 0 saturated heterocycles. The summed E-state index contributed by atoms with van der Waals surface area (Å²) in [7, 11) is 0. The zero-order valence-electron chi connectivity index (χ0n) is 10.8. The largest absolute Gasteiger partial charge is 0.398 e. The number of fused-ring (bicyclic) bond motifs is 1. The van der Waals surface area contributed by atoms with Crippen LogP contribution in [0.4, 0.5) is 10.1 Å².